The first-order valence-electron chi connectivity index (χ1n) is 12.1. The van der Waals surface area contributed by atoms with E-state index < -0.39 is 5.97 Å². The number of aromatic nitrogens is 6. The number of pyridine rings is 1. The zero-order chi connectivity index (χ0) is 25.2. The van der Waals surface area contributed by atoms with Gasteiger partial charge in [-0.3, -0.25) is 4.79 Å². The largest absolute Gasteiger partial charge is 0.489 e. The fraction of sp³-hybridized carbons (Fsp3) is 0.520. The number of hydrogen-bond acceptors (Lipinski definition) is 9. The minimum atomic E-state index is -0.677. The summed E-state index contributed by atoms with van der Waals surface area (Å²) in [6.07, 6.45) is 5.07. The van der Waals surface area contributed by atoms with E-state index in [-0.39, 0.29) is 30.6 Å². The SMILES string of the molecule is COCc1ccnc(OCc2c(-c3ccc(O[C@@H]4C[C@H]5CC[C@@H](C(=O)O)[C@H]5C4)c(C)n3)nnn2C)n1. The summed E-state index contributed by atoms with van der Waals surface area (Å²) in [6.45, 7) is 2.44. The molecular weight excluding hydrogens is 464 g/mol. The van der Waals surface area contributed by atoms with Crippen LogP contribution in [0.1, 0.15) is 42.8 Å². The maximum atomic E-state index is 11.5. The van der Waals surface area contributed by atoms with E-state index in [1.807, 2.05) is 19.1 Å². The Kier molecular flexibility index (Phi) is 6.82. The molecule has 0 radical (unpaired) electrons. The summed E-state index contributed by atoms with van der Waals surface area (Å²) in [4.78, 5) is 24.8. The molecule has 3 heterocycles. The van der Waals surface area contributed by atoms with Gasteiger partial charge < -0.3 is 19.3 Å². The molecule has 0 amide bonds. The number of methoxy groups -OCH3 is 1. The molecule has 5 rings (SSSR count). The highest BCUT2D eigenvalue weighted by atomic mass is 16.5. The lowest BCUT2D eigenvalue weighted by molar-refractivity contribution is -0.143. The molecular formula is C25H30N6O5. The standard InChI is InChI=1S/C25H30N6O5/c1-14-22(36-17-10-15-4-5-18(24(32)33)19(15)11-17)7-6-20(27-14)23-21(31(2)30-29-23)13-35-25-26-9-8-16(28-25)12-34-3/h6-9,15,17-19H,4-5,10-13H2,1-3H3,(H,32,33)/t15-,17-,18-,19+/m1/s1. The van der Waals surface area contributed by atoms with Crippen molar-refractivity contribution in [3.05, 3.63) is 41.5 Å². The molecule has 3 aromatic heterocycles. The van der Waals surface area contributed by atoms with Crippen LogP contribution >= 0.6 is 0 Å². The number of rotatable bonds is 9. The Morgan fingerprint density at radius 1 is 1.17 bits per heavy atom. The summed E-state index contributed by atoms with van der Waals surface area (Å²) in [6, 6.07) is 5.78. The Balaban J connectivity index is 1.27. The summed E-state index contributed by atoms with van der Waals surface area (Å²) >= 11 is 0. The lowest BCUT2D eigenvalue weighted by Gasteiger charge is -2.18. The zero-order valence-electron chi connectivity index (χ0n) is 20.6. The predicted molar refractivity (Wildman–Crippen MR) is 127 cm³/mol. The van der Waals surface area contributed by atoms with Gasteiger partial charge in [-0.1, -0.05) is 5.21 Å². The van der Waals surface area contributed by atoms with Gasteiger partial charge in [0.25, 0.3) is 0 Å². The highest BCUT2D eigenvalue weighted by molar-refractivity contribution is 5.71. The fourth-order valence-corrected chi connectivity index (χ4v) is 5.47. The van der Waals surface area contributed by atoms with Crippen LogP contribution < -0.4 is 9.47 Å². The number of carboxylic acid groups (broad SMARTS) is 1. The second kappa shape index (κ2) is 10.2. The molecule has 2 aliphatic carbocycles. The van der Waals surface area contributed by atoms with Gasteiger partial charge in [0.1, 0.15) is 23.7 Å². The molecule has 0 saturated heterocycles. The third-order valence-corrected chi connectivity index (χ3v) is 7.23. The van der Waals surface area contributed by atoms with Gasteiger partial charge in [-0.05, 0) is 62.6 Å². The quantitative estimate of drug-likeness (QED) is 0.473. The van der Waals surface area contributed by atoms with Gasteiger partial charge in [-0.2, -0.15) is 4.98 Å². The van der Waals surface area contributed by atoms with E-state index in [9.17, 15) is 9.90 Å². The lowest BCUT2D eigenvalue weighted by atomic mass is 9.92. The van der Waals surface area contributed by atoms with Crippen LogP contribution in [0.15, 0.2) is 24.4 Å². The number of aliphatic carboxylic acids is 1. The molecule has 0 aliphatic heterocycles. The molecule has 2 saturated carbocycles. The molecule has 36 heavy (non-hydrogen) atoms. The van der Waals surface area contributed by atoms with Crippen LogP contribution in [-0.2, 0) is 29.8 Å². The summed E-state index contributed by atoms with van der Waals surface area (Å²) in [5.74, 6) is 0.436. The van der Waals surface area contributed by atoms with Gasteiger partial charge in [0.2, 0.25) is 0 Å². The minimum Gasteiger partial charge on any atom is -0.489 e. The number of aryl methyl sites for hydroxylation is 2. The van der Waals surface area contributed by atoms with Gasteiger partial charge in [0.15, 0.2) is 0 Å². The van der Waals surface area contributed by atoms with Crippen molar-refractivity contribution in [3.63, 3.8) is 0 Å². The van der Waals surface area contributed by atoms with Crippen LogP contribution in [0.4, 0.5) is 0 Å². The fourth-order valence-electron chi connectivity index (χ4n) is 5.47. The molecule has 0 bridgehead atoms. The summed E-state index contributed by atoms with van der Waals surface area (Å²) in [5, 5.41) is 17.9. The Bertz CT molecular complexity index is 1250. The second-order valence-electron chi connectivity index (χ2n) is 9.50. The van der Waals surface area contributed by atoms with Crippen LogP contribution in [0.25, 0.3) is 11.4 Å². The van der Waals surface area contributed by atoms with Crippen LogP contribution in [-0.4, -0.2) is 54.2 Å². The number of nitrogens with zero attached hydrogens (tertiary/aromatic N) is 6. The molecule has 11 heteroatoms. The van der Waals surface area contributed by atoms with Gasteiger partial charge in [-0.15, -0.1) is 5.10 Å². The first-order valence-corrected chi connectivity index (χ1v) is 12.1. The van der Waals surface area contributed by atoms with E-state index >= 15 is 0 Å². The van der Waals surface area contributed by atoms with Crippen molar-refractivity contribution in [2.45, 2.75) is 51.9 Å². The molecule has 0 unspecified atom stereocenters. The Morgan fingerprint density at radius 3 is 2.81 bits per heavy atom. The van der Waals surface area contributed by atoms with E-state index in [0.29, 0.717) is 29.7 Å². The molecule has 1 N–H and O–H groups in total. The van der Waals surface area contributed by atoms with Gasteiger partial charge in [0.05, 0.1) is 35.7 Å². The van der Waals surface area contributed by atoms with Crippen LogP contribution in [0, 0.1) is 24.7 Å². The topological polar surface area (TPSA) is 134 Å². The van der Waals surface area contributed by atoms with Crippen molar-refractivity contribution in [2.24, 2.45) is 24.8 Å². The number of ether oxygens (including phenoxy) is 3. The summed E-state index contributed by atoms with van der Waals surface area (Å²) in [7, 11) is 3.40. The third-order valence-electron chi connectivity index (χ3n) is 7.23. The van der Waals surface area contributed by atoms with E-state index in [1.54, 1.807) is 31.1 Å². The highest BCUT2D eigenvalue weighted by Gasteiger charge is 2.47. The highest BCUT2D eigenvalue weighted by Crippen LogP contribution is 2.48. The maximum absolute atomic E-state index is 11.5. The Hall–Kier alpha value is -3.60. The van der Waals surface area contributed by atoms with Crippen molar-refractivity contribution < 1.29 is 24.1 Å². The second-order valence-corrected chi connectivity index (χ2v) is 9.50. The van der Waals surface area contributed by atoms with Crippen molar-refractivity contribution >= 4 is 5.97 Å². The molecule has 0 aromatic carbocycles. The van der Waals surface area contributed by atoms with Crippen molar-refractivity contribution in [1.29, 1.82) is 0 Å². The average Bonchev–Trinajstić information content (AvgIpc) is 3.53. The average molecular weight is 495 g/mol. The number of fused-ring (bicyclic) bond motifs is 1. The number of carboxylic acids is 1. The van der Waals surface area contributed by atoms with Crippen LogP contribution in [0.3, 0.4) is 0 Å². The molecule has 2 fully saturated rings. The van der Waals surface area contributed by atoms with E-state index in [0.717, 1.165) is 42.8 Å². The number of carbonyl (C=O) groups is 1. The predicted octanol–water partition coefficient (Wildman–Crippen LogP) is 2.97. The van der Waals surface area contributed by atoms with Gasteiger partial charge in [0, 0.05) is 20.4 Å². The normalized spacial score (nSPS) is 23.0. The molecule has 3 aromatic rings. The minimum absolute atomic E-state index is 0.0165. The monoisotopic (exact) mass is 494 g/mol. The van der Waals surface area contributed by atoms with Gasteiger partial charge >= 0.3 is 12.0 Å². The Morgan fingerprint density at radius 2 is 2.03 bits per heavy atom. The smallest absolute Gasteiger partial charge is 0.317 e. The number of hydrogen-bond donors (Lipinski definition) is 1. The molecule has 190 valence electrons. The van der Waals surface area contributed by atoms with E-state index in [2.05, 4.69) is 20.3 Å². The van der Waals surface area contributed by atoms with Gasteiger partial charge in [-0.25, -0.2) is 14.6 Å². The molecule has 0 spiro atoms. The zero-order valence-corrected chi connectivity index (χ0v) is 20.6. The van der Waals surface area contributed by atoms with E-state index in [1.165, 1.54) is 0 Å². The van der Waals surface area contributed by atoms with Crippen LogP contribution in [0.5, 0.6) is 11.8 Å². The third kappa shape index (κ3) is 4.88. The molecule has 4 atom stereocenters. The van der Waals surface area contributed by atoms with Crippen molar-refractivity contribution in [3.8, 4) is 23.1 Å². The molecule has 11 nitrogen and oxygen atoms in total. The maximum Gasteiger partial charge on any atom is 0.317 e. The summed E-state index contributed by atoms with van der Waals surface area (Å²) in [5.41, 5.74) is 3.48. The Labute approximate surface area is 208 Å². The van der Waals surface area contributed by atoms with Crippen LogP contribution in [0.2, 0.25) is 0 Å². The van der Waals surface area contributed by atoms with Crippen molar-refractivity contribution in [1.82, 2.24) is 29.9 Å². The molecule has 2 aliphatic rings. The summed E-state index contributed by atoms with van der Waals surface area (Å²) < 4.78 is 18.9. The first-order chi connectivity index (χ1) is 17.4. The van der Waals surface area contributed by atoms with Crippen molar-refractivity contribution in [2.75, 3.05) is 7.11 Å². The van der Waals surface area contributed by atoms with E-state index in [4.69, 9.17) is 19.2 Å². The first kappa shape index (κ1) is 24.1. The lowest BCUT2D eigenvalue weighted by Crippen LogP contribution is -2.21.